The number of aliphatic carboxylic acids is 1. The van der Waals surface area contributed by atoms with Crippen LogP contribution in [0.3, 0.4) is 0 Å². The summed E-state index contributed by atoms with van der Waals surface area (Å²) in [6.07, 6.45) is 3.14. The molecule has 0 bridgehead atoms. The van der Waals surface area contributed by atoms with Crippen LogP contribution in [0.5, 0.6) is 0 Å². The van der Waals surface area contributed by atoms with Gasteiger partial charge in [0.05, 0.1) is 17.0 Å². The lowest BCUT2D eigenvalue weighted by Crippen LogP contribution is -2.07. The van der Waals surface area contributed by atoms with E-state index in [1.54, 1.807) is 10.9 Å². The Labute approximate surface area is 142 Å². The van der Waals surface area contributed by atoms with E-state index in [-0.39, 0.29) is 5.75 Å². The monoisotopic (exact) mass is 341 g/mol. The molecule has 6 nitrogen and oxygen atoms in total. The fraction of sp³-hybridized carbons (Fsp3) is 0.235. The number of hydrogen-bond donors (Lipinski definition) is 2. The molecule has 0 aliphatic heterocycles. The van der Waals surface area contributed by atoms with Crippen LogP contribution in [0.25, 0.3) is 16.5 Å². The van der Waals surface area contributed by atoms with Crippen molar-refractivity contribution in [3.63, 3.8) is 0 Å². The number of rotatable bonds is 5. The molecule has 0 saturated heterocycles. The van der Waals surface area contributed by atoms with Gasteiger partial charge in [0.25, 0.3) is 0 Å². The Bertz CT molecular complexity index is 934. The summed E-state index contributed by atoms with van der Waals surface area (Å²) < 4.78 is 1.79. The number of aromatic nitrogens is 3. The quantitative estimate of drug-likeness (QED) is 0.694. The molecule has 0 unspecified atom stereocenters. The van der Waals surface area contributed by atoms with Gasteiger partial charge in [-0.25, -0.2) is 0 Å². The molecule has 0 radical (unpaired) electrons. The van der Waals surface area contributed by atoms with Crippen molar-refractivity contribution in [1.29, 1.82) is 0 Å². The van der Waals surface area contributed by atoms with Gasteiger partial charge in [-0.05, 0) is 29.9 Å². The van der Waals surface area contributed by atoms with Gasteiger partial charge >= 0.3 is 5.97 Å². The summed E-state index contributed by atoms with van der Waals surface area (Å²) in [5, 5.41) is 29.8. The summed E-state index contributed by atoms with van der Waals surface area (Å²) in [5.74, 6) is -0.972. The molecule has 0 spiro atoms. The largest absolute Gasteiger partial charge is 0.481 e. The average molecular weight is 341 g/mol. The molecule has 1 aliphatic carbocycles. The molecule has 4 rings (SSSR count). The van der Waals surface area contributed by atoms with Crippen LogP contribution in [0.15, 0.2) is 47.9 Å². The van der Waals surface area contributed by atoms with Crippen LogP contribution in [-0.2, 0) is 10.4 Å². The van der Waals surface area contributed by atoms with Gasteiger partial charge in [-0.15, -0.1) is 10.2 Å². The second-order valence-corrected chi connectivity index (χ2v) is 6.82. The maximum Gasteiger partial charge on any atom is 0.313 e. The van der Waals surface area contributed by atoms with E-state index >= 15 is 0 Å². The fourth-order valence-electron chi connectivity index (χ4n) is 2.90. The zero-order valence-corrected chi connectivity index (χ0v) is 13.5. The molecule has 24 heavy (non-hydrogen) atoms. The minimum absolute atomic E-state index is 0.0749. The Morgan fingerprint density at radius 1 is 1.21 bits per heavy atom. The van der Waals surface area contributed by atoms with Crippen LogP contribution in [0.4, 0.5) is 0 Å². The number of thioether (sulfide) groups is 1. The molecule has 1 fully saturated rings. The van der Waals surface area contributed by atoms with Crippen LogP contribution in [0.1, 0.15) is 18.4 Å². The Morgan fingerprint density at radius 3 is 2.67 bits per heavy atom. The van der Waals surface area contributed by atoms with Crippen molar-refractivity contribution >= 4 is 28.5 Å². The molecule has 0 atom stereocenters. The first-order chi connectivity index (χ1) is 11.6. The molecule has 1 saturated carbocycles. The number of fused-ring (bicyclic) bond motifs is 1. The van der Waals surface area contributed by atoms with Gasteiger partial charge in [0.1, 0.15) is 6.33 Å². The Kier molecular flexibility index (Phi) is 3.54. The number of benzene rings is 2. The molecule has 122 valence electrons. The van der Waals surface area contributed by atoms with Crippen molar-refractivity contribution in [2.45, 2.75) is 23.6 Å². The SMILES string of the molecule is O=C(O)CSc1nncn1-c1ccc(C2(O)CC2)c2ccccc12. The van der Waals surface area contributed by atoms with E-state index < -0.39 is 11.6 Å². The first kappa shape index (κ1) is 15.2. The predicted octanol–water partition coefficient (Wildman–Crippen LogP) is 2.58. The van der Waals surface area contributed by atoms with E-state index in [1.165, 1.54) is 0 Å². The van der Waals surface area contributed by atoms with Crippen molar-refractivity contribution in [3.8, 4) is 5.69 Å². The summed E-state index contributed by atoms with van der Waals surface area (Å²) >= 11 is 1.13. The summed E-state index contributed by atoms with van der Waals surface area (Å²) in [4.78, 5) is 10.8. The highest BCUT2D eigenvalue weighted by Gasteiger charge is 2.43. The topological polar surface area (TPSA) is 88.2 Å². The van der Waals surface area contributed by atoms with Gasteiger partial charge < -0.3 is 10.2 Å². The third-order valence-corrected chi connectivity index (χ3v) is 5.15. The number of carboxylic acid groups (broad SMARTS) is 1. The lowest BCUT2D eigenvalue weighted by molar-refractivity contribution is -0.133. The number of carboxylic acids is 1. The molecule has 7 heteroatoms. The van der Waals surface area contributed by atoms with Crippen LogP contribution in [0, 0.1) is 0 Å². The van der Waals surface area contributed by atoms with Crippen molar-refractivity contribution in [3.05, 3.63) is 48.3 Å². The van der Waals surface area contributed by atoms with Gasteiger partial charge in [0.2, 0.25) is 0 Å². The summed E-state index contributed by atoms with van der Waals surface area (Å²) in [6, 6.07) is 11.8. The van der Waals surface area contributed by atoms with Crippen LogP contribution < -0.4 is 0 Å². The molecule has 1 heterocycles. The van der Waals surface area contributed by atoms with Crippen molar-refractivity contribution in [2.24, 2.45) is 0 Å². The zero-order valence-electron chi connectivity index (χ0n) is 12.7. The molecule has 2 N–H and O–H groups in total. The second kappa shape index (κ2) is 5.61. The zero-order chi connectivity index (χ0) is 16.7. The molecule has 0 amide bonds. The van der Waals surface area contributed by atoms with Crippen molar-refractivity contribution in [1.82, 2.24) is 14.8 Å². The highest BCUT2D eigenvalue weighted by Crippen LogP contribution is 2.48. The van der Waals surface area contributed by atoms with Crippen molar-refractivity contribution < 1.29 is 15.0 Å². The van der Waals surface area contributed by atoms with Gasteiger partial charge in [-0.2, -0.15) is 0 Å². The van der Waals surface area contributed by atoms with Crippen LogP contribution in [-0.4, -0.2) is 36.7 Å². The van der Waals surface area contributed by atoms with Gasteiger partial charge in [0.15, 0.2) is 5.16 Å². The molecule has 3 aromatic rings. The number of carbonyl (C=O) groups is 1. The maximum absolute atomic E-state index is 10.8. The fourth-order valence-corrected chi connectivity index (χ4v) is 3.54. The normalized spacial score (nSPS) is 15.5. The summed E-state index contributed by atoms with van der Waals surface area (Å²) in [6.45, 7) is 0. The minimum Gasteiger partial charge on any atom is -0.481 e. The van der Waals surface area contributed by atoms with Gasteiger partial charge in [0, 0.05) is 5.39 Å². The maximum atomic E-state index is 10.8. The minimum atomic E-state index is -0.897. The number of nitrogens with zero attached hydrogens (tertiary/aromatic N) is 3. The van der Waals surface area contributed by atoms with Gasteiger partial charge in [-0.1, -0.05) is 42.1 Å². The molecule has 1 aliphatic rings. The van der Waals surface area contributed by atoms with Crippen LogP contribution >= 0.6 is 11.8 Å². The lowest BCUT2D eigenvalue weighted by atomic mass is 9.97. The first-order valence-corrected chi connectivity index (χ1v) is 8.57. The van der Waals surface area contributed by atoms with Crippen molar-refractivity contribution in [2.75, 3.05) is 5.75 Å². The molecular weight excluding hydrogens is 326 g/mol. The first-order valence-electron chi connectivity index (χ1n) is 7.58. The van der Waals surface area contributed by atoms with E-state index in [9.17, 15) is 9.90 Å². The standard InChI is InChI=1S/C17H15N3O3S/c21-15(22)9-24-16-19-18-10-20(16)14-6-5-13(17(23)7-8-17)11-3-1-2-4-12(11)14/h1-6,10,23H,7-9H2,(H,21,22). The third kappa shape index (κ3) is 2.55. The van der Waals surface area contributed by atoms with E-state index in [2.05, 4.69) is 10.2 Å². The Balaban J connectivity index is 1.84. The average Bonchev–Trinajstić information content (AvgIpc) is 3.16. The van der Waals surface area contributed by atoms with Gasteiger partial charge in [-0.3, -0.25) is 9.36 Å². The number of aliphatic hydroxyl groups is 1. The highest BCUT2D eigenvalue weighted by atomic mass is 32.2. The van der Waals surface area contributed by atoms with E-state index in [4.69, 9.17) is 5.11 Å². The van der Waals surface area contributed by atoms with E-state index in [1.807, 2.05) is 36.4 Å². The Hall–Kier alpha value is -2.38. The lowest BCUT2D eigenvalue weighted by Gasteiger charge is -2.16. The molecule has 2 aromatic carbocycles. The molecule has 1 aromatic heterocycles. The Morgan fingerprint density at radius 2 is 1.96 bits per heavy atom. The summed E-state index contributed by atoms with van der Waals surface area (Å²) in [5.41, 5.74) is 1.10. The van der Waals surface area contributed by atoms with E-state index in [0.717, 1.165) is 46.6 Å². The van der Waals surface area contributed by atoms with E-state index in [0.29, 0.717) is 5.16 Å². The second-order valence-electron chi connectivity index (χ2n) is 5.88. The highest BCUT2D eigenvalue weighted by molar-refractivity contribution is 7.99. The predicted molar refractivity (Wildman–Crippen MR) is 90.4 cm³/mol. The molecular formula is C17H15N3O3S. The third-order valence-electron chi connectivity index (χ3n) is 4.23. The number of hydrogen-bond acceptors (Lipinski definition) is 5. The smallest absolute Gasteiger partial charge is 0.313 e. The van der Waals surface area contributed by atoms with Crippen LogP contribution in [0.2, 0.25) is 0 Å². The summed E-state index contributed by atoms with van der Waals surface area (Å²) in [7, 11) is 0.